The van der Waals surface area contributed by atoms with E-state index in [1.165, 1.54) is 41.6 Å². The largest absolute Gasteiger partial charge is 0.477 e. The van der Waals surface area contributed by atoms with Gasteiger partial charge >= 0.3 is 24.7 Å². The van der Waals surface area contributed by atoms with Crippen molar-refractivity contribution in [1.29, 1.82) is 0 Å². The van der Waals surface area contributed by atoms with Gasteiger partial charge in [0.1, 0.15) is 0 Å². The van der Waals surface area contributed by atoms with Crippen LogP contribution in [0.2, 0.25) is 0 Å². The highest BCUT2D eigenvalue weighted by molar-refractivity contribution is 5.80. The molecule has 17 heteroatoms. The minimum atomic E-state index is -3.23. The molecule has 0 unspecified atom stereocenters. The van der Waals surface area contributed by atoms with E-state index in [4.69, 9.17) is 9.90 Å². The molecule has 3 aromatic rings. The topological polar surface area (TPSA) is 147 Å². The summed E-state index contributed by atoms with van der Waals surface area (Å²) in [7, 11) is 0. The molecule has 0 bridgehead atoms. The van der Waals surface area contributed by atoms with Gasteiger partial charge in [0.2, 0.25) is 5.82 Å². The smallest absolute Gasteiger partial charge is 0.371 e. The summed E-state index contributed by atoms with van der Waals surface area (Å²) in [5, 5.41) is 14.1. The Hall–Kier alpha value is -4.05. The highest BCUT2D eigenvalue weighted by atomic mass is 19.3. The summed E-state index contributed by atoms with van der Waals surface area (Å²) in [6, 6.07) is 0. The maximum Gasteiger partial charge on any atom is 0.371 e. The summed E-state index contributed by atoms with van der Waals surface area (Å²) in [5.41, 5.74) is 4.26. The quantitative estimate of drug-likeness (QED) is 0.386. The second-order valence-electron chi connectivity index (χ2n) is 4.81. The molecule has 11 nitrogen and oxygen atoms in total. The number of hydrazine groups is 1. The van der Waals surface area contributed by atoms with Crippen LogP contribution in [0.5, 0.6) is 0 Å². The maximum atomic E-state index is 12.2. The highest BCUT2D eigenvalue weighted by Crippen LogP contribution is 2.16. The van der Waals surface area contributed by atoms with Gasteiger partial charge in [-0.2, -0.15) is 17.6 Å². The third-order valence-electron chi connectivity index (χ3n) is 2.70. The number of aromatic nitrogens is 6. The number of alkyl halides is 6. The lowest BCUT2D eigenvalue weighted by Crippen LogP contribution is -2.34. The number of nitrogens with zero attached hydrogens (tertiary/aromatic N) is 6. The average molecular weight is 454 g/mol. The molecule has 31 heavy (non-hydrogen) atoms. The van der Waals surface area contributed by atoms with Crippen molar-refractivity contribution in [3.8, 4) is 0 Å². The number of anilines is 1. The van der Waals surface area contributed by atoms with E-state index in [2.05, 4.69) is 30.6 Å². The second-order valence-corrected chi connectivity index (χ2v) is 4.81. The molecule has 0 aliphatic carbocycles. The van der Waals surface area contributed by atoms with Gasteiger partial charge in [0.25, 0.3) is 6.43 Å². The van der Waals surface area contributed by atoms with Gasteiger partial charge in [0, 0.05) is 24.8 Å². The monoisotopic (exact) mass is 454 g/mol. The molecule has 0 aliphatic heterocycles. The van der Waals surface area contributed by atoms with Crippen LogP contribution in [0.1, 0.15) is 12.2 Å². The van der Waals surface area contributed by atoms with Crippen LogP contribution in [-0.4, -0.2) is 59.4 Å². The summed E-state index contributed by atoms with van der Waals surface area (Å²) in [4.78, 5) is 30.3. The van der Waals surface area contributed by atoms with E-state index in [9.17, 15) is 31.1 Å². The van der Waals surface area contributed by atoms with Gasteiger partial charge in [-0.05, 0) is 0 Å². The van der Waals surface area contributed by atoms with Crippen molar-refractivity contribution in [2.45, 2.75) is 19.3 Å². The lowest BCUT2D eigenvalue weighted by molar-refractivity contribution is -0.149. The Kier molecular flexibility index (Phi) is 10.1. The van der Waals surface area contributed by atoms with Gasteiger partial charge < -0.3 is 5.11 Å². The van der Waals surface area contributed by atoms with Crippen LogP contribution in [0.3, 0.4) is 0 Å². The van der Waals surface area contributed by atoms with E-state index >= 15 is 0 Å². The SMILES string of the molecule is FC(F)c1nnc2cnccn12.O=C(NNc1cnccn1)C(F)F.O=C(O)C(F)F. The number of carbonyl (C=O) groups excluding carboxylic acids is 1. The minimum Gasteiger partial charge on any atom is -0.477 e. The Morgan fingerprint density at radius 3 is 2.10 bits per heavy atom. The number of rotatable bonds is 5. The van der Waals surface area contributed by atoms with E-state index in [0.29, 0.717) is 5.65 Å². The number of hydrogen-bond donors (Lipinski definition) is 3. The Labute approximate surface area is 168 Å². The third-order valence-corrected chi connectivity index (χ3v) is 2.70. The van der Waals surface area contributed by atoms with Crippen molar-refractivity contribution >= 4 is 23.3 Å². The number of fused-ring (bicyclic) bond motifs is 1. The lowest BCUT2D eigenvalue weighted by Gasteiger charge is -2.05. The molecule has 0 atom stereocenters. The summed E-state index contributed by atoms with van der Waals surface area (Å²) < 4.78 is 70.0. The zero-order chi connectivity index (χ0) is 23.4. The number of halogens is 6. The first-order valence-electron chi connectivity index (χ1n) is 7.67. The van der Waals surface area contributed by atoms with Gasteiger partial charge in [0.05, 0.1) is 12.4 Å². The molecule has 3 aromatic heterocycles. The van der Waals surface area contributed by atoms with E-state index in [1.807, 2.05) is 0 Å². The first-order valence-corrected chi connectivity index (χ1v) is 7.67. The van der Waals surface area contributed by atoms with Crippen molar-refractivity contribution in [1.82, 2.24) is 35.0 Å². The van der Waals surface area contributed by atoms with Crippen molar-refractivity contribution in [2.24, 2.45) is 0 Å². The molecule has 3 N–H and O–H groups in total. The van der Waals surface area contributed by atoms with Gasteiger partial charge in [0.15, 0.2) is 11.5 Å². The first-order chi connectivity index (χ1) is 14.6. The maximum absolute atomic E-state index is 12.2. The number of carboxylic acids is 1. The summed E-state index contributed by atoms with van der Waals surface area (Å²) in [6.07, 6.45) is -0.655. The molecule has 0 fully saturated rings. The Bertz CT molecular complexity index is 959. The van der Waals surface area contributed by atoms with Crippen LogP contribution in [0.15, 0.2) is 37.2 Å². The van der Waals surface area contributed by atoms with Crippen LogP contribution < -0.4 is 10.9 Å². The van der Waals surface area contributed by atoms with Crippen LogP contribution in [0, 0.1) is 0 Å². The van der Waals surface area contributed by atoms with Crippen molar-refractivity contribution in [3.05, 3.63) is 43.0 Å². The molecule has 0 aromatic carbocycles. The first kappa shape index (κ1) is 25.0. The summed E-state index contributed by atoms with van der Waals surface area (Å²) >= 11 is 0. The number of hydrogen-bond acceptors (Lipinski definition) is 8. The molecular formula is C14H12F6N8O3. The molecule has 0 radical (unpaired) electrons. The Morgan fingerprint density at radius 1 is 0.935 bits per heavy atom. The zero-order valence-electron chi connectivity index (χ0n) is 14.9. The van der Waals surface area contributed by atoms with E-state index in [0.717, 1.165) is 0 Å². The summed E-state index contributed by atoms with van der Waals surface area (Å²) in [5.74, 6) is -3.65. The number of carboxylic acid groups (broad SMARTS) is 1. The number of aliphatic carboxylic acids is 1. The van der Waals surface area contributed by atoms with Crippen LogP contribution in [0.25, 0.3) is 5.65 Å². The molecule has 3 heterocycles. The Balaban J connectivity index is 0.000000249. The lowest BCUT2D eigenvalue weighted by atomic mass is 10.6. The molecule has 0 saturated heterocycles. The molecule has 0 spiro atoms. The molecule has 0 saturated carbocycles. The van der Waals surface area contributed by atoms with Crippen LogP contribution in [-0.2, 0) is 9.59 Å². The van der Waals surface area contributed by atoms with Gasteiger partial charge in [-0.15, -0.1) is 10.2 Å². The van der Waals surface area contributed by atoms with E-state index in [-0.39, 0.29) is 11.6 Å². The number of nitrogens with one attached hydrogen (secondary N) is 2. The summed E-state index contributed by atoms with van der Waals surface area (Å²) in [6.45, 7) is 0. The minimum absolute atomic E-state index is 0.191. The van der Waals surface area contributed by atoms with Crippen LogP contribution >= 0.6 is 0 Å². The molecule has 1 amide bonds. The average Bonchev–Trinajstić information content (AvgIpc) is 3.18. The normalized spacial score (nSPS) is 10.2. The van der Waals surface area contributed by atoms with Gasteiger partial charge in [-0.25, -0.2) is 18.6 Å². The fourth-order valence-corrected chi connectivity index (χ4v) is 1.46. The zero-order valence-corrected chi connectivity index (χ0v) is 14.9. The predicted octanol–water partition coefficient (Wildman–Crippen LogP) is 1.58. The van der Waals surface area contributed by atoms with Crippen molar-refractivity contribution in [2.75, 3.05) is 5.43 Å². The molecule has 3 rings (SSSR count). The van der Waals surface area contributed by atoms with Crippen molar-refractivity contribution < 1.29 is 41.0 Å². The predicted molar refractivity (Wildman–Crippen MR) is 89.2 cm³/mol. The molecular weight excluding hydrogens is 442 g/mol. The van der Waals surface area contributed by atoms with Crippen molar-refractivity contribution in [3.63, 3.8) is 0 Å². The standard InChI is InChI=1S/C6H6F2N4O.C6H4F2N4.C2H2F2O2/c7-5(8)6(13)12-11-4-3-9-1-2-10-4;7-5(8)6-11-10-4-3-9-1-2-12(4)6;3-1(4)2(5)6/h1-3,5H,(H,10,11)(H,12,13);1-3,5H;1H,(H,5,6). The molecule has 0 aliphatic rings. The third kappa shape index (κ3) is 8.88. The van der Waals surface area contributed by atoms with Gasteiger partial charge in [-0.3, -0.25) is 30.0 Å². The Morgan fingerprint density at radius 2 is 1.58 bits per heavy atom. The van der Waals surface area contributed by atoms with E-state index in [1.54, 1.807) is 5.43 Å². The van der Waals surface area contributed by atoms with E-state index < -0.39 is 31.2 Å². The number of carbonyl (C=O) groups is 2. The fraction of sp³-hybridized carbons (Fsp3) is 0.214. The highest BCUT2D eigenvalue weighted by Gasteiger charge is 2.15. The second kappa shape index (κ2) is 12.5. The van der Waals surface area contributed by atoms with Gasteiger partial charge in [-0.1, -0.05) is 0 Å². The number of amides is 1. The molecule has 168 valence electrons. The fourth-order valence-electron chi connectivity index (χ4n) is 1.46. The van der Waals surface area contributed by atoms with Crippen LogP contribution in [0.4, 0.5) is 32.2 Å².